The average molecular weight is 287 g/mol. The smallest absolute Gasteiger partial charge is 0.335 e. The molecule has 0 amide bonds. The molecule has 0 bridgehead atoms. The summed E-state index contributed by atoms with van der Waals surface area (Å²) in [5.41, 5.74) is 0.194. The third-order valence-corrected chi connectivity index (χ3v) is 2.47. The molecule has 7 nitrogen and oxygen atoms in total. The van der Waals surface area contributed by atoms with Crippen LogP contribution in [0.3, 0.4) is 0 Å². The Kier molecular flexibility index (Phi) is 10.4. The number of ketones is 1. The van der Waals surface area contributed by atoms with Gasteiger partial charge < -0.3 is 20.4 Å². The van der Waals surface area contributed by atoms with Crippen molar-refractivity contribution in [1.82, 2.24) is 4.90 Å². The number of aliphatic hydroxyl groups is 3. The summed E-state index contributed by atoms with van der Waals surface area (Å²) in [5, 5.41) is 33.8. The minimum Gasteiger partial charge on any atom is -0.478 e. The lowest BCUT2D eigenvalue weighted by Crippen LogP contribution is -2.32. The lowest BCUT2D eigenvalue weighted by molar-refractivity contribution is -0.132. The molecular formula is C13H21NO6. The van der Waals surface area contributed by atoms with Gasteiger partial charge in [0.2, 0.25) is 0 Å². The highest BCUT2D eigenvalue weighted by molar-refractivity contribution is 5.99. The van der Waals surface area contributed by atoms with Gasteiger partial charge in [-0.1, -0.05) is 6.08 Å². The Balaban J connectivity index is 0.000000361. The highest BCUT2D eigenvalue weighted by Gasteiger charge is 2.08. The van der Waals surface area contributed by atoms with Crippen molar-refractivity contribution in [2.75, 3.05) is 39.5 Å². The number of carbonyl (C=O) groups is 2. The molecule has 0 aromatic rings. The van der Waals surface area contributed by atoms with E-state index in [4.69, 9.17) is 20.4 Å². The summed E-state index contributed by atoms with van der Waals surface area (Å²) in [4.78, 5) is 22.5. The lowest BCUT2D eigenvalue weighted by atomic mass is 10.1. The third kappa shape index (κ3) is 8.54. The van der Waals surface area contributed by atoms with Gasteiger partial charge in [-0.05, 0) is 12.2 Å². The van der Waals surface area contributed by atoms with E-state index in [1.165, 1.54) is 18.2 Å². The van der Waals surface area contributed by atoms with Crippen molar-refractivity contribution >= 4 is 11.8 Å². The van der Waals surface area contributed by atoms with Crippen LogP contribution >= 0.6 is 0 Å². The zero-order chi connectivity index (χ0) is 15.4. The second-order valence-electron chi connectivity index (χ2n) is 3.98. The van der Waals surface area contributed by atoms with Gasteiger partial charge in [-0.15, -0.1) is 0 Å². The van der Waals surface area contributed by atoms with Crippen molar-refractivity contribution in [3.8, 4) is 0 Å². The molecule has 0 aromatic carbocycles. The van der Waals surface area contributed by atoms with Crippen LogP contribution in [0.1, 0.15) is 6.42 Å². The highest BCUT2D eigenvalue weighted by atomic mass is 16.4. The number of carboxylic acid groups (broad SMARTS) is 1. The minimum absolute atomic E-state index is 0.0509. The molecular weight excluding hydrogens is 266 g/mol. The van der Waals surface area contributed by atoms with Gasteiger partial charge in [-0.3, -0.25) is 9.69 Å². The van der Waals surface area contributed by atoms with E-state index in [1.807, 2.05) is 0 Å². The van der Waals surface area contributed by atoms with Gasteiger partial charge in [-0.25, -0.2) is 4.79 Å². The Morgan fingerprint density at radius 1 is 1.05 bits per heavy atom. The molecule has 0 aliphatic heterocycles. The normalized spacial score (nSPS) is 13.8. The molecule has 0 saturated heterocycles. The molecule has 0 unspecified atom stereocenters. The number of aliphatic carboxylic acids is 1. The van der Waals surface area contributed by atoms with E-state index in [0.717, 1.165) is 0 Å². The number of nitrogens with zero attached hydrogens (tertiary/aromatic N) is 1. The third-order valence-electron chi connectivity index (χ3n) is 2.47. The summed E-state index contributed by atoms with van der Waals surface area (Å²) in [6.07, 6.45) is 4.21. The van der Waals surface area contributed by atoms with Crippen molar-refractivity contribution < 1.29 is 30.0 Å². The lowest BCUT2D eigenvalue weighted by Gasteiger charge is -2.17. The van der Waals surface area contributed by atoms with Crippen LogP contribution in [0.2, 0.25) is 0 Å². The van der Waals surface area contributed by atoms with Gasteiger partial charge in [0, 0.05) is 26.1 Å². The topological polar surface area (TPSA) is 118 Å². The van der Waals surface area contributed by atoms with Crippen molar-refractivity contribution in [3.05, 3.63) is 23.8 Å². The zero-order valence-corrected chi connectivity index (χ0v) is 11.2. The minimum atomic E-state index is -0.983. The van der Waals surface area contributed by atoms with E-state index in [2.05, 4.69) is 0 Å². The number of carbonyl (C=O) groups excluding carboxylic acids is 1. The van der Waals surface area contributed by atoms with E-state index < -0.39 is 5.97 Å². The first-order valence-electron chi connectivity index (χ1n) is 6.24. The van der Waals surface area contributed by atoms with Crippen molar-refractivity contribution in [2.24, 2.45) is 0 Å². The van der Waals surface area contributed by atoms with Crippen molar-refractivity contribution in [1.29, 1.82) is 0 Å². The quantitative estimate of drug-likeness (QED) is 0.464. The van der Waals surface area contributed by atoms with E-state index >= 15 is 0 Å². The molecule has 0 saturated carbocycles. The van der Waals surface area contributed by atoms with Crippen LogP contribution in [-0.4, -0.2) is 76.5 Å². The monoisotopic (exact) mass is 287 g/mol. The van der Waals surface area contributed by atoms with E-state index in [9.17, 15) is 9.59 Å². The van der Waals surface area contributed by atoms with E-state index in [-0.39, 0.29) is 37.6 Å². The molecule has 1 rings (SSSR count). The van der Waals surface area contributed by atoms with Gasteiger partial charge in [0.15, 0.2) is 5.78 Å². The van der Waals surface area contributed by atoms with Crippen LogP contribution in [0.5, 0.6) is 0 Å². The molecule has 0 fully saturated rings. The number of rotatable bonds is 7. The van der Waals surface area contributed by atoms with Gasteiger partial charge >= 0.3 is 5.97 Å². The second kappa shape index (κ2) is 11.3. The predicted octanol–water partition coefficient (Wildman–Crippen LogP) is -1.21. The molecule has 114 valence electrons. The summed E-state index contributed by atoms with van der Waals surface area (Å²) in [6, 6.07) is 0. The summed E-state index contributed by atoms with van der Waals surface area (Å²) in [6.45, 7) is 1.75. The van der Waals surface area contributed by atoms with Gasteiger partial charge in [-0.2, -0.15) is 0 Å². The fourth-order valence-corrected chi connectivity index (χ4v) is 1.45. The van der Waals surface area contributed by atoms with Crippen LogP contribution < -0.4 is 0 Å². The molecule has 1 aliphatic carbocycles. The Labute approximate surface area is 117 Å². The molecule has 0 radical (unpaired) electrons. The second-order valence-corrected chi connectivity index (χ2v) is 3.98. The Hall–Kier alpha value is -1.54. The maximum Gasteiger partial charge on any atom is 0.335 e. The van der Waals surface area contributed by atoms with Gasteiger partial charge in [0.1, 0.15) is 0 Å². The maximum absolute atomic E-state index is 10.5. The Morgan fingerprint density at radius 2 is 1.55 bits per heavy atom. The van der Waals surface area contributed by atoms with Crippen molar-refractivity contribution in [3.63, 3.8) is 0 Å². The van der Waals surface area contributed by atoms with Crippen LogP contribution in [0.15, 0.2) is 23.8 Å². The van der Waals surface area contributed by atoms with Gasteiger partial charge in [0.05, 0.1) is 25.4 Å². The number of hydrogen-bond acceptors (Lipinski definition) is 6. The molecule has 1 aliphatic rings. The number of aliphatic hydroxyl groups excluding tert-OH is 3. The SMILES string of the molecule is O=C1C=CC(C(=O)O)=CC1.OCCN(CCO)CCO. The summed E-state index contributed by atoms with van der Waals surface area (Å²) >= 11 is 0. The standard InChI is InChI=1S/C7H6O3.C6H15NO3/c8-6-3-1-5(2-4-6)7(9)10;8-4-1-7(2-5-9)3-6-10/h1-3H,4H2,(H,9,10);8-10H,1-6H2. The average Bonchev–Trinajstić information content (AvgIpc) is 2.41. The summed E-state index contributed by atoms with van der Waals surface area (Å²) in [5.74, 6) is -1.03. The van der Waals surface area contributed by atoms with Crippen LogP contribution in [-0.2, 0) is 9.59 Å². The Morgan fingerprint density at radius 3 is 1.85 bits per heavy atom. The largest absolute Gasteiger partial charge is 0.478 e. The van der Waals surface area contributed by atoms with E-state index in [1.54, 1.807) is 4.90 Å². The number of hydrogen-bond donors (Lipinski definition) is 4. The van der Waals surface area contributed by atoms with Crippen LogP contribution in [0.25, 0.3) is 0 Å². The van der Waals surface area contributed by atoms with Crippen LogP contribution in [0.4, 0.5) is 0 Å². The molecule has 0 heterocycles. The predicted molar refractivity (Wildman–Crippen MR) is 72.2 cm³/mol. The first kappa shape index (κ1) is 18.5. The molecule has 0 atom stereocenters. The van der Waals surface area contributed by atoms with Gasteiger partial charge in [0.25, 0.3) is 0 Å². The first-order chi connectivity index (χ1) is 9.54. The molecule has 20 heavy (non-hydrogen) atoms. The summed E-state index contributed by atoms with van der Waals surface area (Å²) < 4.78 is 0. The highest BCUT2D eigenvalue weighted by Crippen LogP contribution is 2.06. The van der Waals surface area contributed by atoms with Crippen LogP contribution in [0, 0.1) is 0 Å². The molecule has 0 aromatic heterocycles. The molecule has 4 N–H and O–H groups in total. The zero-order valence-electron chi connectivity index (χ0n) is 11.2. The number of carboxylic acids is 1. The Bertz CT molecular complexity index is 350. The number of allylic oxidation sites excluding steroid dienone is 2. The van der Waals surface area contributed by atoms with E-state index in [0.29, 0.717) is 19.6 Å². The molecule has 0 spiro atoms. The first-order valence-corrected chi connectivity index (χ1v) is 6.24. The molecule has 7 heteroatoms. The fraction of sp³-hybridized carbons (Fsp3) is 0.538. The fourth-order valence-electron chi connectivity index (χ4n) is 1.45. The summed E-state index contributed by atoms with van der Waals surface area (Å²) in [7, 11) is 0. The maximum atomic E-state index is 10.5. The van der Waals surface area contributed by atoms with Crippen molar-refractivity contribution in [2.45, 2.75) is 6.42 Å².